The van der Waals surface area contributed by atoms with E-state index in [4.69, 9.17) is 5.11 Å². The van der Waals surface area contributed by atoms with Gasteiger partial charge in [0.2, 0.25) is 5.91 Å². The van der Waals surface area contributed by atoms with Gasteiger partial charge < -0.3 is 5.11 Å². The van der Waals surface area contributed by atoms with Crippen LogP contribution >= 0.6 is 0 Å². The summed E-state index contributed by atoms with van der Waals surface area (Å²) in [5.74, 6) is -0.265. The smallest absolute Gasteiger partial charge is 0.246 e. The van der Waals surface area contributed by atoms with Crippen molar-refractivity contribution in [3.05, 3.63) is 12.4 Å². The van der Waals surface area contributed by atoms with E-state index in [-0.39, 0.29) is 11.7 Å². The van der Waals surface area contributed by atoms with Crippen LogP contribution in [0.5, 0.6) is 5.75 Å². The van der Waals surface area contributed by atoms with Crippen molar-refractivity contribution in [2.75, 3.05) is 0 Å². The van der Waals surface area contributed by atoms with Gasteiger partial charge in [0.25, 0.3) is 0 Å². The average Bonchev–Trinajstić information content (AvgIpc) is 2.34. The lowest BCUT2D eigenvalue weighted by atomic mass is 10.5. The predicted molar refractivity (Wildman–Crippen MR) is 33.6 cm³/mol. The Morgan fingerprint density at radius 3 is 3.10 bits per heavy atom. The standard InChI is InChI=1S/C6H7N2O2/c1-2-6(10)8-4-5(9)3-7-8/h4,9H,2H2,1H3. The van der Waals surface area contributed by atoms with Gasteiger partial charge in [0.05, 0.1) is 6.20 Å². The first kappa shape index (κ1) is 6.80. The molecule has 0 unspecified atom stereocenters. The first-order valence-electron chi connectivity index (χ1n) is 2.93. The fraction of sp³-hybridized carbons (Fsp3) is 0.333. The topological polar surface area (TPSA) is 55.1 Å². The second kappa shape index (κ2) is 2.51. The minimum Gasteiger partial charge on any atom is -0.504 e. The van der Waals surface area contributed by atoms with Crippen molar-refractivity contribution in [3.63, 3.8) is 0 Å². The maximum atomic E-state index is 10.8. The Morgan fingerprint density at radius 2 is 2.70 bits per heavy atom. The van der Waals surface area contributed by atoms with E-state index in [9.17, 15) is 4.79 Å². The first-order chi connectivity index (χ1) is 4.74. The van der Waals surface area contributed by atoms with E-state index in [2.05, 4.69) is 11.3 Å². The quantitative estimate of drug-likeness (QED) is 0.614. The molecule has 0 spiro atoms. The molecule has 0 atom stereocenters. The molecule has 1 heterocycles. The van der Waals surface area contributed by atoms with Crippen LogP contribution in [0.3, 0.4) is 0 Å². The summed E-state index contributed by atoms with van der Waals surface area (Å²) in [6.07, 6.45) is 3.83. The molecule has 4 nitrogen and oxygen atoms in total. The zero-order valence-corrected chi connectivity index (χ0v) is 5.53. The summed E-state index contributed by atoms with van der Waals surface area (Å²) in [6, 6.07) is 0. The number of aromatic nitrogens is 2. The van der Waals surface area contributed by atoms with Crippen molar-refractivity contribution >= 4 is 5.91 Å². The molecule has 0 aromatic carbocycles. The molecule has 0 fully saturated rings. The molecule has 0 aliphatic heterocycles. The maximum absolute atomic E-state index is 10.8. The summed E-state index contributed by atoms with van der Waals surface area (Å²) in [7, 11) is 0. The number of aromatic hydroxyl groups is 1. The Balaban J connectivity index is 2.85. The lowest BCUT2D eigenvalue weighted by molar-refractivity contribution is 0.0892. The van der Waals surface area contributed by atoms with Crippen LogP contribution in [-0.4, -0.2) is 20.8 Å². The molecule has 0 saturated heterocycles. The van der Waals surface area contributed by atoms with Crippen molar-refractivity contribution in [1.82, 2.24) is 9.78 Å². The number of nitrogens with zero attached hydrogens (tertiary/aromatic N) is 2. The van der Waals surface area contributed by atoms with Gasteiger partial charge in [-0.15, -0.1) is 0 Å². The summed E-state index contributed by atoms with van der Waals surface area (Å²) in [6.45, 7) is 1.72. The third-order valence-corrected chi connectivity index (χ3v) is 1.07. The molecule has 0 aliphatic rings. The van der Waals surface area contributed by atoms with Crippen LogP contribution < -0.4 is 0 Å². The van der Waals surface area contributed by atoms with Gasteiger partial charge in [-0.2, -0.15) is 5.10 Å². The van der Waals surface area contributed by atoms with Crippen LogP contribution in [0.1, 0.15) is 18.1 Å². The molecule has 0 saturated carbocycles. The highest BCUT2D eigenvalue weighted by Gasteiger charge is 2.02. The highest BCUT2D eigenvalue weighted by atomic mass is 16.3. The third kappa shape index (κ3) is 1.15. The van der Waals surface area contributed by atoms with E-state index in [1.54, 1.807) is 6.92 Å². The molecule has 1 N–H and O–H groups in total. The van der Waals surface area contributed by atoms with Gasteiger partial charge >= 0.3 is 0 Å². The fourth-order valence-corrected chi connectivity index (χ4v) is 0.568. The van der Waals surface area contributed by atoms with Gasteiger partial charge in [-0.1, -0.05) is 6.92 Å². The molecule has 4 heteroatoms. The van der Waals surface area contributed by atoms with Gasteiger partial charge in [0, 0.05) is 6.42 Å². The number of carbonyl (C=O) groups excluding carboxylic acids is 1. The summed E-state index contributed by atoms with van der Waals surface area (Å²) >= 11 is 0. The normalized spacial score (nSPS) is 9.70. The molecule has 10 heavy (non-hydrogen) atoms. The van der Waals surface area contributed by atoms with Crippen LogP contribution in [0, 0.1) is 6.20 Å². The summed E-state index contributed by atoms with van der Waals surface area (Å²) in [4.78, 5) is 10.8. The summed E-state index contributed by atoms with van der Waals surface area (Å²) in [5.41, 5.74) is 0. The molecular weight excluding hydrogens is 132 g/mol. The Kier molecular flexibility index (Phi) is 1.71. The van der Waals surface area contributed by atoms with Crippen molar-refractivity contribution in [1.29, 1.82) is 0 Å². The van der Waals surface area contributed by atoms with Gasteiger partial charge in [-0.25, -0.2) is 4.68 Å². The van der Waals surface area contributed by atoms with Crippen molar-refractivity contribution in [3.8, 4) is 5.75 Å². The van der Waals surface area contributed by atoms with E-state index < -0.39 is 0 Å². The van der Waals surface area contributed by atoms with E-state index in [0.29, 0.717) is 6.42 Å². The Hall–Kier alpha value is -1.32. The third-order valence-electron chi connectivity index (χ3n) is 1.07. The largest absolute Gasteiger partial charge is 0.504 e. The highest BCUT2D eigenvalue weighted by molar-refractivity contribution is 5.77. The highest BCUT2D eigenvalue weighted by Crippen LogP contribution is 2.03. The second-order valence-corrected chi connectivity index (χ2v) is 1.82. The van der Waals surface area contributed by atoms with E-state index in [1.165, 1.54) is 6.20 Å². The number of carbonyl (C=O) groups is 1. The molecule has 0 aliphatic carbocycles. The van der Waals surface area contributed by atoms with Crippen LogP contribution in [0.4, 0.5) is 0 Å². The van der Waals surface area contributed by atoms with Gasteiger partial charge in [-0.3, -0.25) is 4.79 Å². The van der Waals surface area contributed by atoms with Crippen LogP contribution in [0.25, 0.3) is 0 Å². The summed E-state index contributed by atoms with van der Waals surface area (Å²) < 4.78 is 1.06. The van der Waals surface area contributed by atoms with Crippen molar-refractivity contribution < 1.29 is 9.90 Å². The molecule has 0 amide bonds. The monoisotopic (exact) mass is 139 g/mol. The SMILES string of the molecule is CCC(=O)n1cc(O)[c]n1. The van der Waals surface area contributed by atoms with Gasteiger partial charge in [0.15, 0.2) is 11.9 Å². The minimum atomic E-state index is -0.156. The Bertz CT molecular complexity index is 242. The number of rotatable bonds is 1. The van der Waals surface area contributed by atoms with E-state index >= 15 is 0 Å². The molecule has 1 aromatic rings. The lowest BCUT2D eigenvalue weighted by Crippen LogP contribution is -2.08. The second-order valence-electron chi connectivity index (χ2n) is 1.82. The Labute approximate surface area is 58.1 Å². The first-order valence-corrected chi connectivity index (χ1v) is 2.93. The van der Waals surface area contributed by atoms with Crippen molar-refractivity contribution in [2.45, 2.75) is 13.3 Å². The lowest BCUT2D eigenvalue weighted by Gasteiger charge is -1.91. The predicted octanol–water partition coefficient (Wildman–Crippen LogP) is 0.439. The minimum absolute atomic E-state index is 0.109. The van der Waals surface area contributed by atoms with Crippen LogP contribution in [0.15, 0.2) is 6.20 Å². The molecule has 1 radical (unpaired) electrons. The van der Waals surface area contributed by atoms with Gasteiger partial charge in [-0.05, 0) is 0 Å². The zero-order chi connectivity index (χ0) is 7.56. The molecule has 53 valence electrons. The Morgan fingerprint density at radius 1 is 2.00 bits per heavy atom. The van der Waals surface area contributed by atoms with Crippen LogP contribution in [0.2, 0.25) is 0 Å². The summed E-state index contributed by atoms with van der Waals surface area (Å²) in [5, 5.41) is 12.2. The van der Waals surface area contributed by atoms with E-state index in [0.717, 1.165) is 4.68 Å². The zero-order valence-electron chi connectivity index (χ0n) is 5.53. The molecule has 1 rings (SSSR count). The molecule has 1 aromatic heterocycles. The fourth-order valence-electron chi connectivity index (χ4n) is 0.568. The molecule has 0 bridgehead atoms. The van der Waals surface area contributed by atoms with Crippen molar-refractivity contribution in [2.24, 2.45) is 0 Å². The van der Waals surface area contributed by atoms with Gasteiger partial charge in [0.1, 0.15) is 0 Å². The van der Waals surface area contributed by atoms with E-state index in [1.807, 2.05) is 0 Å². The molecular formula is C6H7N2O2. The maximum Gasteiger partial charge on any atom is 0.246 e. The van der Waals surface area contributed by atoms with Crippen LogP contribution in [-0.2, 0) is 0 Å². The number of hydrogen-bond acceptors (Lipinski definition) is 3. The average molecular weight is 139 g/mol. The number of hydrogen-bond donors (Lipinski definition) is 1.